The van der Waals surface area contributed by atoms with Crippen molar-refractivity contribution in [3.63, 3.8) is 0 Å². The van der Waals surface area contributed by atoms with Crippen LogP contribution in [-0.2, 0) is 4.79 Å². The lowest BCUT2D eigenvalue weighted by atomic mass is 10.1. The molecule has 0 radical (unpaired) electrons. The molecule has 3 heteroatoms. The van der Waals surface area contributed by atoms with E-state index in [4.69, 9.17) is 0 Å². The predicted molar refractivity (Wildman–Crippen MR) is 64.9 cm³/mol. The van der Waals surface area contributed by atoms with Crippen molar-refractivity contribution >= 4 is 5.91 Å². The molecule has 0 bridgehead atoms. The molecule has 90 valence electrons. The Balaban J connectivity index is 3.40. The summed E-state index contributed by atoms with van der Waals surface area (Å²) in [5.41, 5.74) is 0. The van der Waals surface area contributed by atoms with Gasteiger partial charge in [0.2, 0.25) is 5.91 Å². The highest BCUT2D eigenvalue weighted by molar-refractivity contribution is 5.78. The molecule has 0 fully saturated rings. The number of rotatable bonds is 9. The van der Waals surface area contributed by atoms with E-state index < -0.39 is 0 Å². The molecule has 0 aliphatic heterocycles. The fourth-order valence-electron chi connectivity index (χ4n) is 1.48. The topological polar surface area (TPSA) is 41.1 Å². The summed E-state index contributed by atoms with van der Waals surface area (Å²) in [6.45, 7) is 7.73. The number of nitrogens with one attached hydrogen (secondary N) is 2. The number of hydrogen-bond acceptors (Lipinski definition) is 2. The first-order valence-corrected chi connectivity index (χ1v) is 6.20. The highest BCUT2D eigenvalue weighted by Gasteiger charge is 2.05. The molecule has 1 unspecified atom stereocenters. The second-order valence-electron chi connectivity index (χ2n) is 4.14. The third kappa shape index (κ3) is 9.73. The van der Waals surface area contributed by atoms with Gasteiger partial charge in [0.05, 0.1) is 6.54 Å². The van der Waals surface area contributed by atoms with Crippen molar-refractivity contribution in [2.75, 3.05) is 13.1 Å². The minimum atomic E-state index is 0.118. The second-order valence-corrected chi connectivity index (χ2v) is 4.14. The Morgan fingerprint density at radius 2 is 1.93 bits per heavy atom. The lowest BCUT2D eigenvalue weighted by Crippen LogP contribution is -2.39. The van der Waals surface area contributed by atoms with Gasteiger partial charge in [0.1, 0.15) is 0 Å². The first-order valence-electron chi connectivity index (χ1n) is 6.20. The summed E-state index contributed by atoms with van der Waals surface area (Å²) in [7, 11) is 0. The standard InChI is InChI=1S/C12H26N2O/c1-4-6-7-8-11(3)14-12(15)10-13-9-5-2/h11,13H,4-10H2,1-3H3,(H,14,15). The zero-order valence-electron chi connectivity index (χ0n) is 10.4. The molecule has 2 N–H and O–H groups in total. The molecule has 1 atom stereocenters. The fraction of sp³-hybridized carbons (Fsp3) is 0.917. The van der Waals surface area contributed by atoms with E-state index in [2.05, 4.69) is 31.4 Å². The molecule has 0 aromatic rings. The van der Waals surface area contributed by atoms with Crippen LogP contribution in [0, 0.1) is 0 Å². The van der Waals surface area contributed by atoms with Crippen LogP contribution in [0.15, 0.2) is 0 Å². The molecular formula is C12H26N2O. The van der Waals surface area contributed by atoms with Gasteiger partial charge in [-0.05, 0) is 26.3 Å². The fourth-order valence-corrected chi connectivity index (χ4v) is 1.48. The molecule has 0 aromatic heterocycles. The lowest BCUT2D eigenvalue weighted by molar-refractivity contribution is -0.120. The van der Waals surface area contributed by atoms with Crippen molar-refractivity contribution in [2.45, 2.75) is 58.9 Å². The summed E-state index contributed by atoms with van der Waals surface area (Å²) >= 11 is 0. The van der Waals surface area contributed by atoms with Crippen LogP contribution in [0.1, 0.15) is 52.9 Å². The Bertz CT molecular complexity index is 160. The Hall–Kier alpha value is -0.570. The summed E-state index contributed by atoms with van der Waals surface area (Å²) in [6, 6.07) is 0.312. The van der Waals surface area contributed by atoms with Crippen LogP contribution in [0.3, 0.4) is 0 Å². The molecule has 0 aliphatic carbocycles. The summed E-state index contributed by atoms with van der Waals surface area (Å²) < 4.78 is 0. The molecule has 3 nitrogen and oxygen atoms in total. The van der Waals surface area contributed by atoms with Gasteiger partial charge in [-0.1, -0.05) is 33.1 Å². The average molecular weight is 214 g/mol. The highest BCUT2D eigenvalue weighted by atomic mass is 16.1. The molecule has 1 amide bonds. The van der Waals surface area contributed by atoms with E-state index in [9.17, 15) is 4.79 Å². The Morgan fingerprint density at radius 1 is 1.20 bits per heavy atom. The zero-order valence-corrected chi connectivity index (χ0v) is 10.4. The second kappa shape index (κ2) is 9.97. The van der Waals surface area contributed by atoms with Crippen LogP contribution >= 0.6 is 0 Å². The van der Waals surface area contributed by atoms with E-state index in [-0.39, 0.29) is 5.91 Å². The molecule has 15 heavy (non-hydrogen) atoms. The summed E-state index contributed by atoms with van der Waals surface area (Å²) in [5, 5.41) is 6.09. The van der Waals surface area contributed by atoms with Crippen LogP contribution in [0.5, 0.6) is 0 Å². The predicted octanol–water partition coefficient (Wildman–Crippen LogP) is 2.07. The van der Waals surface area contributed by atoms with Gasteiger partial charge in [-0.2, -0.15) is 0 Å². The van der Waals surface area contributed by atoms with Gasteiger partial charge in [-0.15, -0.1) is 0 Å². The van der Waals surface area contributed by atoms with Gasteiger partial charge in [0.15, 0.2) is 0 Å². The van der Waals surface area contributed by atoms with Crippen LogP contribution in [-0.4, -0.2) is 25.0 Å². The number of carbonyl (C=O) groups is 1. The van der Waals surface area contributed by atoms with E-state index >= 15 is 0 Å². The summed E-state index contributed by atoms with van der Waals surface area (Å²) in [4.78, 5) is 11.4. The van der Waals surface area contributed by atoms with E-state index in [1.807, 2.05) is 0 Å². The van der Waals surface area contributed by atoms with E-state index in [1.54, 1.807) is 0 Å². The lowest BCUT2D eigenvalue weighted by Gasteiger charge is -2.13. The smallest absolute Gasteiger partial charge is 0.234 e. The van der Waals surface area contributed by atoms with Gasteiger partial charge < -0.3 is 10.6 Å². The summed E-state index contributed by atoms with van der Waals surface area (Å²) in [5.74, 6) is 0.118. The molecule has 0 aliphatic rings. The van der Waals surface area contributed by atoms with Gasteiger partial charge in [0.25, 0.3) is 0 Å². The molecular weight excluding hydrogens is 188 g/mol. The number of carbonyl (C=O) groups excluding carboxylic acids is 1. The number of amides is 1. The highest BCUT2D eigenvalue weighted by Crippen LogP contribution is 2.02. The molecule has 0 heterocycles. The zero-order chi connectivity index (χ0) is 11.5. The van der Waals surface area contributed by atoms with Gasteiger partial charge in [-0.3, -0.25) is 4.79 Å². The number of unbranched alkanes of at least 4 members (excludes halogenated alkanes) is 2. The molecule has 0 spiro atoms. The Labute approximate surface area is 94.0 Å². The van der Waals surface area contributed by atoms with Crippen LogP contribution in [0.4, 0.5) is 0 Å². The average Bonchev–Trinajstić information content (AvgIpc) is 2.18. The third-order valence-electron chi connectivity index (χ3n) is 2.36. The van der Waals surface area contributed by atoms with Gasteiger partial charge in [0, 0.05) is 6.04 Å². The molecule has 0 rings (SSSR count). The summed E-state index contributed by atoms with van der Waals surface area (Å²) in [6.07, 6.45) is 5.86. The SMILES string of the molecule is CCCCCC(C)NC(=O)CNCCC. The molecule has 0 saturated heterocycles. The first-order chi connectivity index (χ1) is 7.20. The molecule has 0 aromatic carbocycles. The van der Waals surface area contributed by atoms with Crippen molar-refractivity contribution in [3.8, 4) is 0 Å². The maximum Gasteiger partial charge on any atom is 0.234 e. The number of hydrogen-bond donors (Lipinski definition) is 2. The van der Waals surface area contributed by atoms with Crippen LogP contribution < -0.4 is 10.6 Å². The third-order valence-corrected chi connectivity index (χ3v) is 2.36. The van der Waals surface area contributed by atoms with E-state index in [0.717, 1.165) is 19.4 Å². The maximum absolute atomic E-state index is 11.4. The normalized spacial score (nSPS) is 12.5. The van der Waals surface area contributed by atoms with E-state index in [0.29, 0.717) is 12.6 Å². The van der Waals surface area contributed by atoms with Crippen molar-refractivity contribution < 1.29 is 4.79 Å². The van der Waals surface area contributed by atoms with Crippen LogP contribution in [0.25, 0.3) is 0 Å². The molecule has 0 saturated carbocycles. The minimum Gasteiger partial charge on any atom is -0.353 e. The van der Waals surface area contributed by atoms with Crippen LogP contribution in [0.2, 0.25) is 0 Å². The van der Waals surface area contributed by atoms with Gasteiger partial charge in [-0.25, -0.2) is 0 Å². The maximum atomic E-state index is 11.4. The monoisotopic (exact) mass is 214 g/mol. The van der Waals surface area contributed by atoms with Crippen molar-refractivity contribution in [1.29, 1.82) is 0 Å². The minimum absolute atomic E-state index is 0.118. The quantitative estimate of drug-likeness (QED) is 0.577. The van der Waals surface area contributed by atoms with Crippen molar-refractivity contribution in [1.82, 2.24) is 10.6 Å². The van der Waals surface area contributed by atoms with Crippen molar-refractivity contribution in [3.05, 3.63) is 0 Å². The largest absolute Gasteiger partial charge is 0.353 e. The Kier molecular flexibility index (Phi) is 9.59. The Morgan fingerprint density at radius 3 is 2.53 bits per heavy atom. The van der Waals surface area contributed by atoms with E-state index in [1.165, 1.54) is 19.3 Å². The first kappa shape index (κ1) is 14.4. The van der Waals surface area contributed by atoms with Crippen molar-refractivity contribution in [2.24, 2.45) is 0 Å². The van der Waals surface area contributed by atoms with Gasteiger partial charge >= 0.3 is 0 Å².